The molecular formula is C19H13Cl2NO3S. The lowest BCUT2D eigenvalue weighted by molar-refractivity contribution is 0.0699. The van der Waals surface area contributed by atoms with E-state index in [-0.39, 0.29) is 10.6 Å². The first-order chi connectivity index (χ1) is 12.4. The summed E-state index contributed by atoms with van der Waals surface area (Å²) in [7, 11) is 0. The van der Waals surface area contributed by atoms with Crippen LogP contribution in [0.4, 0.5) is 5.00 Å². The number of carboxylic acid groups (broad SMARTS) is 1. The molecule has 0 aliphatic heterocycles. The summed E-state index contributed by atoms with van der Waals surface area (Å²) < 4.78 is 0. The SMILES string of the molecule is Cc1ccc(Cl)cc1C(=O)Nc1scc(-c2ccc(Cl)cc2)c1C(=O)O. The van der Waals surface area contributed by atoms with Gasteiger partial charge in [0.2, 0.25) is 0 Å². The van der Waals surface area contributed by atoms with Crippen LogP contribution in [-0.2, 0) is 0 Å². The van der Waals surface area contributed by atoms with Crippen molar-refractivity contribution in [3.05, 3.63) is 74.6 Å². The Labute approximate surface area is 164 Å². The van der Waals surface area contributed by atoms with Crippen molar-refractivity contribution < 1.29 is 14.7 Å². The van der Waals surface area contributed by atoms with Crippen LogP contribution in [0, 0.1) is 6.92 Å². The van der Waals surface area contributed by atoms with E-state index < -0.39 is 11.9 Å². The van der Waals surface area contributed by atoms with Gasteiger partial charge in [0, 0.05) is 26.6 Å². The van der Waals surface area contributed by atoms with Crippen molar-refractivity contribution in [1.29, 1.82) is 0 Å². The summed E-state index contributed by atoms with van der Waals surface area (Å²) >= 11 is 13.0. The molecule has 1 amide bonds. The van der Waals surface area contributed by atoms with Crippen LogP contribution in [0.2, 0.25) is 10.0 Å². The lowest BCUT2D eigenvalue weighted by Gasteiger charge is -2.08. The molecule has 0 unspecified atom stereocenters. The number of rotatable bonds is 4. The fourth-order valence-corrected chi connectivity index (χ4v) is 3.77. The van der Waals surface area contributed by atoms with E-state index in [1.54, 1.807) is 54.8 Å². The van der Waals surface area contributed by atoms with Crippen molar-refractivity contribution >= 4 is 51.4 Å². The summed E-state index contributed by atoms with van der Waals surface area (Å²) in [6.07, 6.45) is 0. The van der Waals surface area contributed by atoms with Gasteiger partial charge in [-0.2, -0.15) is 0 Å². The third-order valence-electron chi connectivity index (χ3n) is 3.83. The molecule has 0 atom stereocenters. The molecule has 2 N–H and O–H groups in total. The molecule has 0 saturated carbocycles. The Balaban J connectivity index is 1.98. The highest BCUT2D eigenvalue weighted by atomic mass is 35.5. The highest BCUT2D eigenvalue weighted by Gasteiger charge is 2.22. The summed E-state index contributed by atoms with van der Waals surface area (Å²) in [5.74, 6) is -1.52. The van der Waals surface area contributed by atoms with E-state index in [9.17, 15) is 14.7 Å². The molecule has 1 heterocycles. The second-order valence-electron chi connectivity index (χ2n) is 5.58. The number of thiophene rings is 1. The van der Waals surface area contributed by atoms with E-state index in [1.165, 1.54) is 0 Å². The van der Waals surface area contributed by atoms with Crippen LogP contribution in [0.15, 0.2) is 47.8 Å². The molecule has 3 rings (SSSR count). The van der Waals surface area contributed by atoms with Gasteiger partial charge in [0.15, 0.2) is 0 Å². The molecular weight excluding hydrogens is 393 g/mol. The Morgan fingerprint density at radius 2 is 1.69 bits per heavy atom. The molecule has 4 nitrogen and oxygen atoms in total. The smallest absolute Gasteiger partial charge is 0.339 e. The summed E-state index contributed by atoms with van der Waals surface area (Å²) in [4.78, 5) is 24.4. The number of nitrogens with one attached hydrogen (secondary N) is 1. The lowest BCUT2D eigenvalue weighted by atomic mass is 10.0. The first kappa shape index (κ1) is 18.5. The van der Waals surface area contributed by atoms with Crippen molar-refractivity contribution in [2.45, 2.75) is 6.92 Å². The Hall–Kier alpha value is -2.34. The second kappa shape index (κ2) is 7.50. The van der Waals surface area contributed by atoms with Gasteiger partial charge >= 0.3 is 5.97 Å². The Bertz CT molecular complexity index is 997. The van der Waals surface area contributed by atoms with Gasteiger partial charge in [0.25, 0.3) is 5.91 Å². The molecule has 0 aliphatic carbocycles. The molecule has 2 aromatic carbocycles. The largest absolute Gasteiger partial charge is 0.478 e. The van der Waals surface area contributed by atoms with Crippen LogP contribution >= 0.6 is 34.5 Å². The number of hydrogen-bond donors (Lipinski definition) is 2. The predicted octanol–water partition coefficient (Wildman–Crippen LogP) is 5.98. The van der Waals surface area contributed by atoms with Crippen LogP contribution < -0.4 is 5.32 Å². The monoisotopic (exact) mass is 405 g/mol. The summed E-state index contributed by atoms with van der Waals surface area (Å²) in [6.45, 7) is 1.79. The maximum atomic E-state index is 12.6. The predicted molar refractivity (Wildman–Crippen MR) is 106 cm³/mol. The van der Waals surface area contributed by atoms with Crippen molar-refractivity contribution in [2.24, 2.45) is 0 Å². The Morgan fingerprint density at radius 3 is 2.35 bits per heavy atom. The molecule has 26 heavy (non-hydrogen) atoms. The number of carboxylic acids is 1. The zero-order valence-corrected chi connectivity index (χ0v) is 15.9. The van der Waals surface area contributed by atoms with Crippen molar-refractivity contribution in [1.82, 2.24) is 0 Å². The first-order valence-electron chi connectivity index (χ1n) is 7.55. The molecule has 0 fully saturated rings. The quantitative estimate of drug-likeness (QED) is 0.560. The average molecular weight is 406 g/mol. The van der Waals surface area contributed by atoms with Crippen molar-refractivity contribution in [2.75, 3.05) is 5.32 Å². The van der Waals surface area contributed by atoms with Gasteiger partial charge in [-0.15, -0.1) is 11.3 Å². The Morgan fingerprint density at radius 1 is 1.04 bits per heavy atom. The van der Waals surface area contributed by atoms with Gasteiger partial charge in [-0.3, -0.25) is 4.79 Å². The number of benzene rings is 2. The number of halogens is 2. The van der Waals surface area contributed by atoms with Crippen LogP contribution in [0.3, 0.4) is 0 Å². The fraction of sp³-hybridized carbons (Fsp3) is 0.0526. The van der Waals surface area contributed by atoms with Crippen molar-refractivity contribution in [3.8, 4) is 11.1 Å². The highest BCUT2D eigenvalue weighted by molar-refractivity contribution is 7.15. The van der Waals surface area contributed by atoms with E-state index in [4.69, 9.17) is 23.2 Å². The van der Waals surface area contributed by atoms with E-state index in [2.05, 4.69) is 5.32 Å². The minimum atomic E-state index is -1.12. The third-order valence-corrected chi connectivity index (χ3v) is 5.21. The molecule has 132 valence electrons. The summed E-state index contributed by atoms with van der Waals surface area (Å²) in [5, 5.41) is 15.3. The van der Waals surface area contributed by atoms with Gasteiger partial charge in [-0.1, -0.05) is 41.4 Å². The molecule has 3 aromatic rings. The maximum Gasteiger partial charge on any atom is 0.339 e. The first-order valence-corrected chi connectivity index (χ1v) is 9.18. The van der Waals surface area contributed by atoms with E-state index in [1.807, 2.05) is 0 Å². The normalized spacial score (nSPS) is 10.6. The van der Waals surface area contributed by atoms with Gasteiger partial charge in [-0.05, 0) is 42.3 Å². The van der Waals surface area contributed by atoms with Gasteiger partial charge in [0.05, 0.1) is 0 Å². The molecule has 0 aliphatic rings. The molecule has 0 radical (unpaired) electrons. The van der Waals surface area contributed by atoms with Crippen LogP contribution in [0.1, 0.15) is 26.3 Å². The zero-order chi connectivity index (χ0) is 18.8. The number of carbonyl (C=O) groups is 2. The topological polar surface area (TPSA) is 66.4 Å². The fourth-order valence-electron chi connectivity index (χ4n) is 2.51. The van der Waals surface area contributed by atoms with Crippen LogP contribution in [0.5, 0.6) is 0 Å². The van der Waals surface area contributed by atoms with E-state index in [0.717, 1.165) is 16.9 Å². The Kier molecular flexibility index (Phi) is 5.32. The lowest BCUT2D eigenvalue weighted by Crippen LogP contribution is -2.14. The third kappa shape index (κ3) is 3.75. The number of anilines is 1. The summed E-state index contributed by atoms with van der Waals surface area (Å²) in [5.41, 5.74) is 2.43. The standard InChI is InChI=1S/C19H13Cl2NO3S/c1-10-2-5-13(21)8-14(10)17(23)22-18-16(19(24)25)15(9-26-18)11-3-6-12(20)7-4-11/h2-9H,1H3,(H,22,23)(H,24,25). The van der Waals surface area contributed by atoms with Gasteiger partial charge in [-0.25, -0.2) is 4.79 Å². The number of amides is 1. The zero-order valence-electron chi connectivity index (χ0n) is 13.5. The minimum Gasteiger partial charge on any atom is -0.478 e. The highest BCUT2D eigenvalue weighted by Crippen LogP contribution is 2.36. The maximum absolute atomic E-state index is 12.6. The van der Waals surface area contributed by atoms with Gasteiger partial charge < -0.3 is 10.4 Å². The number of aromatic carboxylic acids is 1. The van der Waals surface area contributed by atoms with Gasteiger partial charge in [0.1, 0.15) is 10.6 Å². The molecule has 0 saturated heterocycles. The number of hydrogen-bond acceptors (Lipinski definition) is 3. The van der Waals surface area contributed by atoms with Crippen molar-refractivity contribution in [3.63, 3.8) is 0 Å². The van der Waals surface area contributed by atoms with Crippen LogP contribution in [0.25, 0.3) is 11.1 Å². The minimum absolute atomic E-state index is 0.0466. The second-order valence-corrected chi connectivity index (χ2v) is 7.33. The molecule has 0 bridgehead atoms. The molecule has 1 aromatic heterocycles. The number of aryl methyl sites for hydroxylation is 1. The molecule has 0 spiro atoms. The van der Waals surface area contributed by atoms with E-state index in [0.29, 0.717) is 26.7 Å². The van der Waals surface area contributed by atoms with E-state index >= 15 is 0 Å². The summed E-state index contributed by atoms with van der Waals surface area (Å²) in [6, 6.07) is 11.8. The van der Waals surface area contributed by atoms with Crippen LogP contribution in [-0.4, -0.2) is 17.0 Å². The molecule has 7 heteroatoms. The average Bonchev–Trinajstić information content (AvgIpc) is 3.01. The number of carbonyl (C=O) groups excluding carboxylic acids is 1.